The second-order valence-corrected chi connectivity index (χ2v) is 8.33. The van der Waals surface area contributed by atoms with Gasteiger partial charge in [0.2, 0.25) is 0 Å². The lowest BCUT2D eigenvalue weighted by molar-refractivity contribution is 0.0958. The van der Waals surface area contributed by atoms with Gasteiger partial charge in [0.05, 0.1) is 3.57 Å². The number of carbonyl (C=O) groups is 1. The van der Waals surface area contributed by atoms with Gasteiger partial charge in [-0.3, -0.25) is 4.98 Å². The van der Waals surface area contributed by atoms with E-state index >= 15 is 0 Å². The molecular formula is C19H18IN5O2. The van der Waals surface area contributed by atoms with Crippen molar-refractivity contribution in [2.45, 2.75) is 43.7 Å². The van der Waals surface area contributed by atoms with E-state index in [9.17, 15) is 9.90 Å². The maximum atomic E-state index is 11.6. The highest BCUT2D eigenvalue weighted by Gasteiger charge is 2.44. The van der Waals surface area contributed by atoms with Gasteiger partial charge in [-0.15, -0.1) is 0 Å². The van der Waals surface area contributed by atoms with Crippen molar-refractivity contribution in [1.82, 2.24) is 24.5 Å². The van der Waals surface area contributed by atoms with E-state index in [4.69, 9.17) is 5.10 Å². The smallest absolute Gasteiger partial charge is 0.407 e. The van der Waals surface area contributed by atoms with Gasteiger partial charge in [0, 0.05) is 47.8 Å². The van der Waals surface area contributed by atoms with Crippen LogP contribution in [0.25, 0.3) is 16.9 Å². The molecule has 2 aliphatic rings. The number of hydrogen-bond donors (Lipinski definition) is 1. The van der Waals surface area contributed by atoms with Gasteiger partial charge in [0.1, 0.15) is 5.69 Å². The Hall–Kier alpha value is -2.23. The maximum absolute atomic E-state index is 11.6. The van der Waals surface area contributed by atoms with Crippen molar-refractivity contribution in [2.75, 3.05) is 0 Å². The largest absolute Gasteiger partial charge is 0.465 e. The van der Waals surface area contributed by atoms with E-state index in [0.717, 1.165) is 51.9 Å². The van der Waals surface area contributed by atoms with Crippen molar-refractivity contribution in [2.24, 2.45) is 0 Å². The predicted octanol–water partition coefficient (Wildman–Crippen LogP) is 3.78. The monoisotopic (exact) mass is 475 g/mol. The third-order valence-corrected chi connectivity index (χ3v) is 6.81. The van der Waals surface area contributed by atoms with E-state index in [1.165, 1.54) is 0 Å². The predicted molar refractivity (Wildman–Crippen MR) is 108 cm³/mol. The van der Waals surface area contributed by atoms with Gasteiger partial charge in [-0.1, -0.05) is 0 Å². The van der Waals surface area contributed by atoms with E-state index < -0.39 is 6.09 Å². The van der Waals surface area contributed by atoms with Gasteiger partial charge in [-0.2, -0.15) is 5.10 Å². The third kappa shape index (κ3) is 2.69. The molecule has 0 radical (unpaired) electrons. The fraction of sp³-hybridized carbons (Fsp3) is 0.368. The van der Waals surface area contributed by atoms with Crippen LogP contribution >= 0.6 is 22.6 Å². The zero-order valence-electron chi connectivity index (χ0n) is 14.5. The van der Waals surface area contributed by atoms with Crippen molar-refractivity contribution in [1.29, 1.82) is 0 Å². The number of pyridine rings is 1. The first kappa shape index (κ1) is 16.9. The van der Waals surface area contributed by atoms with Crippen molar-refractivity contribution >= 4 is 34.3 Å². The fourth-order valence-corrected chi connectivity index (χ4v) is 5.46. The summed E-state index contributed by atoms with van der Waals surface area (Å²) in [4.78, 5) is 21.9. The molecule has 8 heteroatoms. The zero-order valence-corrected chi connectivity index (χ0v) is 16.7. The Kier molecular flexibility index (Phi) is 4.03. The number of nitrogens with zero attached hydrogens (tertiary/aromatic N) is 5. The second-order valence-electron chi connectivity index (χ2n) is 7.25. The second kappa shape index (κ2) is 6.43. The van der Waals surface area contributed by atoms with E-state index in [1.807, 2.05) is 28.9 Å². The van der Waals surface area contributed by atoms with Crippen LogP contribution in [0.2, 0.25) is 0 Å². The van der Waals surface area contributed by atoms with Gasteiger partial charge in [-0.25, -0.2) is 14.3 Å². The van der Waals surface area contributed by atoms with Crippen LogP contribution in [0.5, 0.6) is 0 Å². The first-order valence-corrected chi connectivity index (χ1v) is 10.2. The molecule has 7 nitrogen and oxygen atoms in total. The molecule has 27 heavy (non-hydrogen) atoms. The van der Waals surface area contributed by atoms with Crippen LogP contribution in [0.1, 0.15) is 37.3 Å². The van der Waals surface area contributed by atoms with Gasteiger partial charge >= 0.3 is 6.09 Å². The Morgan fingerprint density at radius 2 is 1.81 bits per heavy atom. The van der Waals surface area contributed by atoms with Crippen LogP contribution in [-0.2, 0) is 0 Å². The van der Waals surface area contributed by atoms with Crippen LogP contribution in [0.15, 0.2) is 36.8 Å². The molecule has 2 saturated heterocycles. The number of piperidine rings is 1. The lowest BCUT2D eigenvalue weighted by Crippen LogP contribution is -2.45. The van der Waals surface area contributed by atoms with E-state index in [1.54, 1.807) is 17.3 Å². The minimum absolute atomic E-state index is 0.115. The number of rotatable bonds is 2. The summed E-state index contributed by atoms with van der Waals surface area (Å²) in [6.07, 6.45) is 8.21. The summed E-state index contributed by atoms with van der Waals surface area (Å²) in [6, 6.07) is 6.17. The molecule has 1 N–H and O–H groups in total. The number of amides is 1. The zero-order chi connectivity index (χ0) is 18.5. The number of aromatic nitrogens is 4. The van der Waals surface area contributed by atoms with Crippen molar-refractivity contribution in [3.63, 3.8) is 0 Å². The normalized spacial score (nSPS) is 24.5. The summed E-state index contributed by atoms with van der Waals surface area (Å²) in [5, 5.41) is 14.4. The number of fused-ring (bicyclic) bond motifs is 3. The van der Waals surface area contributed by atoms with Crippen molar-refractivity contribution < 1.29 is 9.90 Å². The minimum atomic E-state index is -0.783. The highest BCUT2D eigenvalue weighted by molar-refractivity contribution is 14.1. The highest BCUT2D eigenvalue weighted by Crippen LogP contribution is 2.43. The van der Waals surface area contributed by atoms with E-state index in [0.29, 0.717) is 5.92 Å². The molecule has 5 heterocycles. The Bertz CT molecular complexity index is 1010. The SMILES string of the molecule is O=C(O)N1C2CCC1CC(c1ccnc3c(I)c(-c4ccncc4)nn13)C2. The van der Waals surface area contributed by atoms with Gasteiger partial charge in [0.25, 0.3) is 0 Å². The molecule has 2 atom stereocenters. The minimum Gasteiger partial charge on any atom is -0.465 e. The quantitative estimate of drug-likeness (QED) is 0.571. The van der Waals surface area contributed by atoms with E-state index in [2.05, 4.69) is 32.6 Å². The standard InChI is InChI=1S/C19H18IN5O2/c20-16-17(11-3-6-21-7-4-11)23-25-15(5-8-22-18(16)25)12-9-13-1-2-14(10-12)24(13)19(26)27/h3-8,12-14H,1-2,9-10H2,(H,26,27). The first-order chi connectivity index (χ1) is 13.1. The van der Waals surface area contributed by atoms with Crippen LogP contribution in [-0.4, -0.2) is 47.8 Å². The molecule has 3 aromatic rings. The Morgan fingerprint density at radius 3 is 2.48 bits per heavy atom. The molecule has 0 saturated carbocycles. The molecule has 1 amide bonds. The summed E-state index contributed by atoms with van der Waals surface area (Å²) in [6.45, 7) is 0. The van der Waals surface area contributed by atoms with Crippen LogP contribution < -0.4 is 0 Å². The Morgan fingerprint density at radius 1 is 1.11 bits per heavy atom. The summed E-state index contributed by atoms with van der Waals surface area (Å²) in [5.41, 5.74) is 3.91. The summed E-state index contributed by atoms with van der Waals surface area (Å²) >= 11 is 2.31. The molecule has 2 unspecified atom stereocenters. The molecule has 2 aliphatic heterocycles. The van der Waals surface area contributed by atoms with Crippen LogP contribution in [0.4, 0.5) is 4.79 Å². The molecule has 138 valence electrons. The average Bonchev–Trinajstić information content (AvgIpc) is 3.16. The number of carboxylic acid groups (broad SMARTS) is 1. The van der Waals surface area contributed by atoms with Crippen LogP contribution in [0.3, 0.4) is 0 Å². The van der Waals surface area contributed by atoms with E-state index in [-0.39, 0.29) is 12.1 Å². The molecule has 5 rings (SSSR count). The van der Waals surface area contributed by atoms with Crippen LogP contribution in [0, 0.1) is 3.57 Å². The Balaban J connectivity index is 1.56. The fourth-order valence-electron chi connectivity index (χ4n) is 4.67. The highest BCUT2D eigenvalue weighted by atomic mass is 127. The molecule has 0 aliphatic carbocycles. The summed E-state index contributed by atoms with van der Waals surface area (Å²) < 4.78 is 2.98. The third-order valence-electron chi connectivity index (χ3n) is 5.82. The molecule has 2 fully saturated rings. The number of hydrogen-bond acceptors (Lipinski definition) is 4. The van der Waals surface area contributed by atoms with Gasteiger partial charge in [-0.05, 0) is 66.5 Å². The topological polar surface area (TPSA) is 83.6 Å². The summed E-state index contributed by atoms with van der Waals surface area (Å²) in [7, 11) is 0. The lowest BCUT2D eigenvalue weighted by Gasteiger charge is -2.37. The molecular weight excluding hydrogens is 457 g/mol. The lowest BCUT2D eigenvalue weighted by atomic mass is 9.88. The molecule has 0 spiro atoms. The van der Waals surface area contributed by atoms with Gasteiger partial charge in [0.15, 0.2) is 5.65 Å². The molecule has 0 aromatic carbocycles. The maximum Gasteiger partial charge on any atom is 0.407 e. The van der Waals surface area contributed by atoms with Crippen molar-refractivity contribution in [3.05, 3.63) is 46.1 Å². The average molecular weight is 475 g/mol. The number of halogens is 1. The van der Waals surface area contributed by atoms with Gasteiger partial charge < -0.3 is 10.0 Å². The summed E-state index contributed by atoms with van der Waals surface area (Å²) in [5.74, 6) is 0.296. The molecule has 2 bridgehead atoms. The first-order valence-electron chi connectivity index (χ1n) is 9.08. The molecule has 3 aromatic heterocycles. The van der Waals surface area contributed by atoms with Crippen molar-refractivity contribution in [3.8, 4) is 11.3 Å². The Labute approximate surface area is 169 Å².